The summed E-state index contributed by atoms with van der Waals surface area (Å²) in [5.41, 5.74) is 5.44. The molecule has 0 aliphatic rings. The molecule has 0 saturated heterocycles. The predicted octanol–water partition coefficient (Wildman–Crippen LogP) is 3.34. The maximum atomic E-state index is 14.5. The number of nitrogens with zero attached hydrogens (tertiary/aromatic N) is 2. The quantitative estimate of drug-likeness (QED) is 0.635. The van der Waals surface area contributed by atoms with Crippen molar-refractivity contribution in [2.24, 2.45) is 5.73 Å². The molecule has 3 rings (SSSR count). The van der Waals surface area contributed by atoms with Crippen LogP contribution in [0.1, 0.15) is 23.8 Å². The van der Waals surface area contributed by atoms with Gasteiger partial charge in [0.05, 0.1) is 24.0 Å². The summed E-state index contributed by atoms with van der Waals surface area (Å²) in [4.78, 5) is 19.8. The molecule has 0 aliphatic heterocycles. The highest BCUT2D eigenvalue weighted by molar-refractivity contribution is 5.93. The molecule has 0 spiro atoms. The van der Waals surface area contributed by atoms with Crippen molar-refractivity contribution < 1.29 is 23.4 Å². The minimum atomic E-state index is -0.833. The average Bonchev–Trinajstić information content (AvgIpc) is 2.68. The summed E-state index contributed by atoms with van der Waals surface area (Å²) in [6.45, 7) is 1.87. The summed E-state index contributed by atoms with van der Waals surface area (Å²) in [6, 6.07) is 7.90. The third kappa shape index (κ3) is 4.55. The molecule has 150 valence electrons. The summed E-state index contributed by atoms with van der Waals surface area (Å²) < 4.78 is 34.7. The number of carbonyl (C=O) groups excluding carboxylic acids is 1. The van der Waals surface area contributed by atoms with Crippen LogP contribution in [0.15, 0.2) is 48.8 Å². The number of nitrogens with two attached hydrogens (primary N) is 1. The second kappa shape index (κ2) is 8.74. The largest absolute Gasteiger partial charge is 0.493 e. The summed E-state index contributed by atoms with van der Waals surface area (Å²) in [6.07, 6.45) is 2.84. The Bertz CT molecular complexity index is 1020. The van der Waals surface area contributed by atoms with Gasteiger partial charge in [0.15, 0.2) is 0 Å². The van der Waals surface area contributed by atoms with Gasteiger partial charge in [-0.1, -0.05) is 6.07 Å². The van der Waals surface area contributed by atoms with Crippen molar-refractivity contribution in [1.82, 2.24) is 9.97 Å². The Morgan fingerprint density at radius 3 is 2.55 bits per heavy atom. The van der Waals surface area contributed by atoms with Crippen LogP contribution >= 0.6 is 0 Å². The van der Waals surface area contributed by atoms with Crippen LogP contribution in [0.3, 0.4) is 0 Å². The molecule has 1 amide bonds. The van der Waals surface area contributed by atoms with Crippen molar-refractivity contribution in [3.63, 3.8) is 0 Å². The Morgan fingerprint density at radius 1 is 1.17 bits per heavy atom. The van der Waals surface area contributed by atoms with E-state index in [0.29, 0.717) is 23.3 Å². The van der Waals surface area contributed by atoms with Gasteiger partial charge in [0.25, 0.3) is 5.91 Å². The number of aliphatic hydroxyl groups is 1. The van der Waals surface area contributed by atoms with Gasteiger partial charge >= 0.3 is 0 Å². The molecular formula is C21H19F2N3O3. The number of benzene rings is 1. The topological polar surface area (TPSA) is 98.3 Å². The summed E-state index contributed by atoms with van der Waals surface area (Å²) in [7, 11) is 0. The molecule has 29 heavy (non-hydrogen) atoms. The number of halogens is 2. The average molecular weight is 399 g/mol. The van der Waals surface area contributed by atoms with Gasteiger partial charge in [0.1, 0.15) is 23.1 Å². The van der Waals surface area contributed by atoms with Crippen molar-refractivity contribution in [3.8, 4) is 28.1 Å². The zero-order valence-corrected chi connectivity index (χ0v) is 15.6. The fourth-order valence-electron chi connectivity index (χ4n) is 2.78. The molecule has 1 aromatic carbocycles. The first-order chi connectivity index (χ1) is 13.9. The van der Waals surface area contributed by atoms with Crippen molar-refractivity contribution in [2.45, 2.75) is 19.4 Å². The number of hydrogen-bond acceptors (Lipinski definition) is 5. The molecule has 0 bridgehead atoms. The van der Waals surface area contributed by atoms with E-state index < -0.39 is 23.6 Å². The standard InChI is InChI=1S/C21H19F2N3O3/c1-12(27)8-10-29-18-7-9-25-11-14(18)13-5-6-17(21(24)28)26-20(13)19-15(22)3-2-4-16(19)23/h2-7,9,11-12,27H,8,10H2,1H3,(H2,24,28). The zero-order chi connectivity index (χ0) is 21.0. The van der Waals surface area contributed by atoms with E-state index >= 15 is 0 Å². The van der Waals surface area contributed by atoms with Crippen molar-refractivity contribution in [1.29, 1.82) is 0 Å². The van der Waals surface area contributed by atoms with Crippen LogP contribution in [-0.4, -0.2) is 33.7 Å². The molecule has 1 atom stereocenters. The van der Waals surface area contributed by atoms with E-state index in [1.165, 1.54) is 30.6 Å². The minimum absolute atomic E-state index is 0.0923. The van der Waals surface area contributed by atoms with Gasteiger partial charge in [-0.05, 0) is 37.3 Å². The summed E-state index contributed by atoms with van der Waals surface area (Å²) >= 11 is 0. The highest BCUT2D eigenvalue weighted by Crippen LogP contribution is 2.37. The molecule has 3 N–H and O–H groups in total. The molecule has 2 aromatic heterocycles. The van der Waals surface area contributed by atoms with Gasteiger partial charge in [-0.3, -0.25) is 9.78 Å². The molecule has 0 fully saturated rings. The number of hydrogen-bond donors (Lipinski definition) is 2. The first-order valence-corrected chi connectivity index (χ1v) is 8.89. The molecule has 8 heteroatoms. The lowest BCUT2D eigenvalue weighted by atomic mass is 9.98. The Labute approximate surface area is 166 Å². The van der Waals surface area contributed by atoms with E-state index in [4.69, 9.17) is 10.5 Å². The molecule has 0 saturated carbocycles. The first-order valence-electron chi connectivity index (χ1n) is 8.89. The second-order valence-corrected chi connectivity index (χ2v) is 6.41. The molecule has 3 aromatic rings. The molecule has 1 unspecified atom stereocenters. The number of pyridine rings is 2. The molecule has 0 radical (unpaired) electrons. The van der Waals surface area contributed by atoms with Crippen LogP contribution in [0, 0.1) is 11.6 Å². The van der Waals surface area contributed by atoms with E-state index in [-0.39, 0.29) is 23.6 Å². The van der Waals surface area contributed by atoms with Gasteiger partial charge in [-0.15, -0.1) is 0 Å². The first kappa shape index (κ1) is 20.3. The predicted molar refractivity (Wildman–Crippen MR) is 103 cm³/mol. The van der Waals surface area contributed by atoms with Crippen molar-refractivity contribution >= 4 is 5.91 Å². The highest BCUT2D eigenvalue weighted by atomic mass is 19.1. The number of primary amides is 1. The number of amides is 1. The van der Waals surface area contributed by atoms with E-state index in [0.717, 1.165) is 12.1 Å². The Kier molecular flexibility index (Phi) is 6.13. The number of carbonyl (C=O) groups is 1. The van der Waals surface area contributed by atoms with Gasteiger partial charge in [0, 0.05) is 29.9 Å². The lowest BCUT2D eigenvalue weighted by molar-refractivity contribution is 0.0995. The van der Waals surface area contributed by atoms with E-state index in [2.05, 4.69) is 9.97 Å². The number of aliphatic hydroxyl groups excluding tert-OH is 1. The number of ether oxygens (including phenoxy) is 1. The van der Waals surface area contributed by atoms with Crippen LogP contribution in [-0.2, 0) is 0 Å². The normalized spacial score (nSPS) is 11.9. The number of rotatable bonds is 7. The second-order valence-electron chi connectivity index (χ2n) is 6.41. The SMILES string of the molecule is CC(O)CCOc1ccncc1-c1ccc(C(N)=O)nc1-c1c(F)cccc1F. The lowest BCUT2D eigenvalue weighted by Crippen LogP contribution is -2.14. The van der Waals surface area contributed by atoms with Gasteiger partial charge < -0.3 is 15.6 Å². The van der Waals surface area contributed by atoms with Crippen LogP contribution in [0.25, 0.3) is 22.4 Å². The van der Waals surface area contributed by atoms with Crippen LogP contribution < -0.4 is 10.5 Å². The van der Waals surface area contributed by atoms with Crippen LogP contribution in [0.4, 0.5) is 8.78 Å². The zero-order valence-electron chi connectivity index (χ0n) is 15.6. The summed E-state index contributed by atoms with van der Waals surface area (Å²) in [5.74, 6) is -2.09. The van der Waals surface area contributed by atoms with Crippen LogP contribution in [0.2, 0.25) is 0 Å². The fraction of sp³-hybridized carbons (Fsp3) is 0.190. The smallest absolute Gasteiger partial charge is 0.267 e. The van der Waals surface area contributed by atoms with E-state index in [1.807, 2.05) is 0 Å². The fourth-order valence-corrected chi connectivity index (χ4v) is 2.78. The van der Waals surface area contributed by atoms with Gasteiger partial charge in [0.2, 0.25) is 0 Å². The molecule has 0 aliphatic carbocycles. The van der Waals surface area contributed by atoms with Crippen LogP contribution in [0.5, 0.6) is 5.75 Å². The van der Waals surface area contributed by atoms with Gasteiger partial charge in [-0.25, -0.2) is 13.8 Å². The highest BCUT2D eigenvalue weighted by Gasteiger charge is 2.21. The third-order valence-corrected chi connectivity index (χ3v) is 4.21. The third-order valence-electron chi connectivity index (χ3n) is 4.21. The van der Waals surface area contributed by atoms with E-state index in [9.17, 15) is 18.7 Å². The molecule has 6 nitrogen and oxygen atoms in total. The minimum Gasteiger partial charge on any atom is -0.493 e. The Balaban J connectivity index is 2.17. The van der Waals surface area contributed by atoms with Crippen molar-refractivity contribution in [3.05, 3.63) is 66.1 Å². The van der Waals surface area contributed by atoms with E-state index in [1.54, 1.807) is 13.0 Å². The maximum Gasteiger partial charge on any atom is 0.267 e. The Hall–Kier alpha value is -3.39. The monoisotopic (exact) mass is 399 g/mol. The lowest BCUT2D eigenvalue weighted by Gasteiger charge is -2.15. The van der Waals surface area contributed by atoms with Gasteiger partial charge in [-0.2, -0.15) is 0 Å². The molecule has 2 heterocycles. The maximum absolute atomic E-state index is 14.5. The number of aromatic nitrogens is 2. The summed E-state index contributed by atoms with van der Waals surface area (Å²) in [5, 5.41) is 9.42. The molecular weight excluding hydrogens is 380 g/mol. The van der Waals surface area contributed by atoms with Crippen molar-refractivity contribution in [2.75, 3.05) is 6.61 Å². The Morgan fingerprint density at radius 2 is 1.90 bits per heavy atom.